The van der Waals surface area contributed by atoms with Crippen molar-refractivity contribution in [3.63, 3.8) is 0 Å². The summed E-state index contributed by atoms with van der Waals surface area (Å²) in [6, 6.07) is 3.73. The number of rotatable bonds is 3. The van der Waals surface area contributed by atoms with Gasteiger partial charge in [0.1, 0.15) is 11.4 Å². The van der Waals surface area contributed by atoms with Crippen molar-refractivity contribution >= 4 is 11.9 Å². The molecule has 1 saturated carbocycles. The van der Waals surface area contributed by atoms with Crippen LogP contribution in [0.15, 0.2) is 18.3 Å². The molecule has 0 aromatic carbocycles. The van der Waals surface area contributed by atoms with E-state index in [1.807, 2.05) is 32.9 Å². The van der Waals surface area contributed by atoms with Crippen LogP contribution in [0.5, 0.6) is 0 Å². The normalized spacial score (nSPS) is 16.8. The number of carbonyl (C=O) groups excluding carboxylic acids is 1. The highest BCUT2D eigenvalue weighted by Gasteiger charge is 2.29. The van der Waals surface area contributed by atoms with Crippen molar-refractivity contribution in [3.8, 4) is 0 Å². The van der Waals surface area contributed by atoms with E-state index in [0.717, 1.165) is 5.56 Å². The number of nitrogens with zero attached hydrogens (tertiary/aromatic N) is 1. The van der Waals surface area contributed by atoms with Gasteiger partial charge in [-0.2, -0.15) is 0 Å². The van der Waals surface area contributed by atoms with E-state index in [1.165, 1.54) is 12.8 Å². The number of nitrogens with two attached hydrogens (primary N) is 1. The minimum atomic E-state index is -0.522. The number of anilines is 1. The third-order valence-electron chi connectivity index (χ3n) is 2.93. The monoisotopic (exact) mass is 263 g/mol. The van der Waals surface area contributed by atoms with E-state index in [0.29, 0.717) is 11.7 Å². The summed E-state index contributed by atoms with van der Waals surface area (Å²) >= 11 is 0. The van der Waals surface area contributed by atoms with Gasteiger partial charge in [-0.15, -0.1) is 0 Å². The first-order valence-corrected chi connectivity index (χ1v) is 6.57. The quantitative estimate of drug-likeness (QED) is 0.879. The molecular weight excluding hydrogens is 242 g/mol. The van der Waals surface area contributed by atoms with Gasteiger partial charge >= 0.3 is 6.09 Å². The van der Waals surface area contributed by atoms with Crippen LogP contribution in [0.1, 0.15) is 45.2 Å². The second-order valence-electron chi connectivity index (χ2n) is 5.96. The van der Waals surface area contributed by atoms with E-state index in [-0.39, 0.29) is 6.04 Å². The van der Waals surface area contributed by atoms with Crippen LogP contribution < -0.4 is 11.1 Å². The molecule has 1 fully saturated rings. The molecule has 1 heterocycles. The fourth-order valence-electron chi connectivity index (χ4n) is 1.86. The summed E-state index contributed by atoms with van der Waals surface area (Å²) in [6.45, 7) is 5.46. The maximum atomic E-state index is 11.7. The third kappa shape index (κ3) is 4.21. The lowest BCUT2D eigenvalue weighted by Crippen LogP contribution is -2.27. The molecule has 3 N–H and O–H groups in total. The SMILES string of the molecule is CC(C)(C)OC(=O)Nc1cc(C(N)C2CC2)ccn1. The number of nitrogens with one attached hydrogen (secondary N) is 1. The molecule has 104 valence electrons. The Labute approximate surface area is 113 Å². The fraction of sp³-hybridized carbons (Fsp3) is 0.571. The fourth-order valence-corrected chi connectivity index (χ4v) is 1.86. The van der Waals surface area contributed by atoms with Crippen molar-refractivity contribution in [2.75, 3.05) is 5.32 Å². The number of hydrogen-bond donors (Lipinski definition) is 2. The van der Waals surface area contributed by atoms with Gasteiger partial charge in [-0.25, -0.2) is 9.78 Å². The van der Waals surface area contributed by atoms with Crippen LogP contribution in [-0.2, 0) is 4.74 Å². The standard InChI is InChI=1S/C14H21N3O2/c1-14(2,3)19-13(18)17-11-8-10(6-7-16-11)12(15)9-4-5-9/h6-9,12H,4-5,15H2,1-3H3,(H,16,17,18). The highest BCUT2D eigenvalue weighted by atomic mass is 16.6. The van der Waals surface area contributed by atoms with E-state index in [4.69, 9.17) is 10.5 Å². The van der Waals surface area contributed by atoms with Gasteiger partial charge < -0.3 is 10.5 Å². The van der Waals surface area contributed by atoms with E-state index in [2.05, 4.69) is 10.3 Å². The van der Waals surface area contributed by atoms with Crippen LogP contribution in [0.4, 0.5) is 10.6 Å². The highest BCUT2D eigenvalue weighted by Crippen LogP contribution is 2.39. The first kappa shape index (κ1) is 13.8. The Bertz CT molecular complexity index is 464. The van der Waals surface area contributed by atoms with Crippen molar-refractivity contribution in [1.29, 1.82) is 0 Å². The first-order valence-electron chi connectivity index (χ1n) is 6.57. The van der Waals surface area contributed by atoms with E-state index >= 15 is 0 Å². The van der Waals surface area contributed by atoms with Gasteiger partial charge in [0.05, 0.1) is 0 Å². The number of amides is 1. The summed E-state index contributed by atoms with van der Waals surface area (Å²) in [6.07, 6.45) is 3.51. The Hall–Kier alpha value is -1.62. The minimum Gasteiger partial charge on any atom is -0.444 e. The molecule has 1 amide bonds. The molecule has 1 aromatic heterocycles. The Morgan fingerprint density at radius 1 is 1.53 bits per heavy atom. The van der Waals surface area contributed by atoms with Gasteiger partial charge in [-0.1, -0.05) is 0 Å². The molecule has 0 radical (unpaired) electrons. The summed E-state index contributed by atoms with van der Waals surface area (Å²) in [7, 11) is 0. The number of aromatic nitrogens is 1. The molecule has 1 aromatic rings. The Balaban J connectivity index is 2.00. The largest absolute Gasteiger partial charge is 0.444 e. The summed E-state index contributed by atoms with van der Waals surface area (Å²) in [4.78, 5) is 15.8. The lowest BCUT2D eigenvalue weighted by molar-refractivity contribution is 0.0635. The Kier molecular flexibility index (Phi) is 3.75. The van der Waals surface area contributed by atoms with Crippen molar-refractivity contribution in [1.82, 2.24) is 4.98 Å². The van der Waals surface area contributed by atoms with E-state index < -0.39 is 11.7 Å². The first-order chi connectivity index (χ1) is 8.85. The van der Waals surface area contributed by atoms with Crippen molar-refractivity contribution in [3.05, 3.63) is 23.9 Å². The summed E-state index contributed by atoms with van der Waals surface area (Å²) in [5.74, 6) is 1.04. The predicted molar refractivity (Wildman–Crippen MR) is 73.7 cm³/mol. The molecule has 1 atom stereocenters. The molecular formula is C14H21N3O2. The average Bonchev–Trinajstić information content (AvgIpc) is 3.09. The number of hydrogen-bond acceptors (Lipinski definition) is 4. The van der Waals surface area contributed by atoms with Crippen LogP contribution in [-0.4, -0.2) is 16.7 Å². The molecule has 0 bridgehead atoms. The molecule has 19 heavy (non-hydrogen) atoms. The predicted octanol–water partition coefficient (Wildman–Crippen LogP) is 2.84. The Morgan fingerprint density at radius 2 is 2.21 bits per heavy atom. The van der Waals surface area contributed by atoms with Gasteiger partial charge in [0, 0.05) is 12.2 Å². The second-order valence-corrected chi connectivity index (χ2v) is 5.96. The maximum absolute atomic E-state index is 11.7. The number of pyridine rings is 1. The smallest absolute Gasteiger partial charge is 0.413 e. The zero-order valence-corrected chi connectivity index (χ0v) is 11.6. The van der Waals surface area contributed by atoms with Crippen LogP contribution in [0.2, 0.25) is 0 Å². The molecule has 1 unspecified atom stereocenters. The average molecular weight is 263 g/mol. The zero-order valence-electron chi connectivity index (χ0n) is 11.6. The molecule has 0 spiro atoms. The summed E-state index contributed by atoms with van der Waals surface area (Å²) in [5.41, 5.74) is 6.61. The van der Waals surface area contributed by atoms with Gasteiger partial charge in [0.25, 0.3) is 0 Å². The molecule has 5 nitrogen and oxygen atoms in total. The minimum absolute atomic E-state index is 0.0298. The van der Waals surface area contributed by atoms with Crippen LogP contribution >= 0.6 is 0 Å². The van der Waals surface area contributed by atoms with E-state index in [1.54, 1.807) is 6.20 Å². The third-order valence-corrected chi connectivity index (χ3v) is 2.93. The number of ether oxygens (including phenoxy) is 1. The molecule has 0 saturated heterocycles. The van der Waals surface area contributed by atoms with Crippen molar-refractivity contribution in [2.45, 2.75) is 45.3 Å². The lowest BCUT2D eigenvalue weighted by Gasteiger charge is -2.19. The topological polar surface area (TPSA) is 77.2 Å². The second kappa shape index (κ2) is 5.17. The maximum Gasteiger partial charge on any atom is 0.413 e. The lowest BCUT2D eigenvalue weighted by atomic mass is 10.1. The zero-order chi connectivity index (χ0) is 14.0. The molecule has 5 heteroatoms. The molecule has 0 aliphatic heterocycles. The summed E-state index contributed by atoms with van der Waals surface area (Å²) < 4.78 is 5.18. The van der Waals surface area contributed by atoms with Gasteiger partial charge in [-0.3, -0.25) is 5.32 Å². The van der Waals surface area contributed by atoms with Crippen LogP contribution in [0.3, 0.4) is 0 Å². The Morgan fingerprint density at radius 3 is 2.79 bits per heavy atom. The highest BCUT2D eigenvalue weighted by molar-refractivity contribution is 5.83. The van der Waals surface area contributed by atoms with Gasteiger partial charge in [-0.05, 0) is 57.2 Å². The van der Waals surface area contributed by atoms with Gasteiger partial charge in [0.15, 0.2) is 0 Å². The molecule has 2 rings (SSSR count). The number of carbonyl (C=O) groups is 1. The van der Waals surface area contributed by atoms with Crippen molar-refractivity contribution < 1.29 is 9.53 Å². The van der Waals surface area contributed by atoms with Crippen LogP contribution in [0, 0.1) is 5.92 Å². The molecule has 1 aliphatic rings. The molecule has 1 aliphatic carbocycles. The van der Waals surface area contributed by atoms with Crippen molar-refractivity contribution in [2.24, 2.45) is 11.7 Å². The van der Waals surface area contributed by atoms with Crippen LogP contribution in [0.25, 0.3) is 0 Å². The summed E-state index contributed by atoms with van der Waals surface area (Å²) in [5, 5.41) is 2.63. The van der Waals surface area contributed by atoms with Gasteiger partial charge in [0.2, 0.25) is 0 Å². The van der Waals surface area contributed by atoms with E-state index in [9.17, 15) is 4.79 Å².